The Kier molecular flexibility index (Phi) is 7.36. The normalized spacial score (nSPS) is 12.2. The number of thiophene rings is 1. The highest BCUT2D eigenvalue weighted by Gasteiger charge is 2.20. The van der Waals surface area contributed by atoms with E-state index < -0.39 is 0 Å². The Hall–Kier alpha value is -6.48. The third-order valence-electron chi connectivity index (χ3n) is 11.8. The van der Waals surface area contributed by atoms with E-state index in [4.69, 9.17) is 0 Å². The largest absolute Gasteiger partial charge is 0.309 e. The van der Waals surface area contributed by atoms with Gasteiger partial charge in [0.05, 0.1) is 11.0 Å². The third kappa shape index (κ3) is 5.06. The van der Waals surface area contributed by atoms with E-state index in [2.05, 4.69) is 207 Å². The van der Waals surface area contributed by atoms with Gasteiger partial charge in [-0.2, -0.15) is 0 Å². The van der Waals surface area contributed by atoms with Gasteiger partial charge in [-0.25, -0.2) is 0 Å². The molecule has 266 valence electrons. The third-order valence-corrected chi connectivity index (χ3v) is 13.0. The summed E-state index contributed by atoms with van der Waals surface area (Å²) in [5.41, 5.74) is 12.6. The van der Waals surface area contributed by atoms with Gasteiger partial charge in [0, 0.05) is 36.6 Å². The van der Waals surface area contributed by atoms with Gasteiger partial charge in [0.1, 0.15) is 0 Å². The molecule has 1 nitrogen and oxygen atoms in total. The second kappa shape index (κ2) is 12.5. The van der Waals surface area contributed by atoms with Crippen molar-refractivity contribution in [1.82, 2.24) is 4.57 Å². The predicted octanol–water partition coefficient (Wildman–Crippen LogP) is 15.8. The summed E-state index contributed by atoms with van der Waals surface area (Å²) in [6.45, 7) is 6.83. The summed E-state index contributed by atoms with van der Waals surface area (Å²) in [6, 6.07) is 67.7. The molecule has 0 saturated heterocycles. The fraction of sp³-hybridized carbons (Fsp3) is 0.0741. The van der Waals surface area contributed by atoms with Gasteiger partial charge in [-0.1, -0.05) is 166 Å². The molecule has 0 radical (unpaired) electrons. The molecule has 0 unspecified atom stereocenters. The molecule has 11 aromatic rings. The molecule has 11 rings (SSSR count). The Bertz CT molecular complexity index is 3260. The summed E-state index contributed by atoms with van der Waals surface area (Å²) < 4.78 is 5.11. The molecular formula is C54H39NS. The zero-order valence-corrected chi connectivity index (χ0v) is 32.5. The van der Waals surface area contributed by atoms with Crippen molar-refractivity contribution >= 4 is 74.9 Å². The SMILES string of the molecule is CC(C)(C)c1ccc(-c2c3ccccc3c(-c3ccc(-n4c5ccccc5c5cc(-c6cccc7c6sc6ccccc67)ccc54)cc3)c3ccccc23)cc1. The monoisotopic (exact) mass is 733 g/mol. The number of aromatic nitrogens is 1. The summed E-state index contributed by atoms with van der Waals surface area (Å²) >= 11 is 1.89. The summed E-state index contributed by atoms with van der Waals surface area (Å²) in [5.74, 6) is 0. The average molecular weight is 734 g/mol. The maximum absolute atomic E-state index is 2.43. The standard InChI is InChI=1S/C54H39NS/c1-54(2,3)37-28-23-34(24-29-37)51-42-15-4-6-17-44(42)52(45-18-7-5-16-43(45)51)35-25-30-38(31-26-35)55-48-21-10-8-13-40(48)47-33-36(27-32-49(47)55)39-19-12-20-46-41-14-9-11-22-50(41)56-53(39)46/h4-33H,1-3H3. The molecule has 0 N–H and O–H groups in total. The summed E-state index contributed by atoms with van der Waals surface area (Å²) in [4.78, 5) is 0. The second-order valence-electron chi connectivity index (χ2n) is 16.1. The van der Waals surface area contributed by atoms with Crippen molar-refractivity contribution in [3.63, 3.8) is 0 Å². The van der Waals surface area contributed by atoms with Gasteiger partial charge in [-0.15, -0.1) is 11.3 Å². The lowest BCUT2D eigenvalue weighted by atomic mass is 9.83. The molecule has 0 bridgehead atoms. The topological polar surface area (TPSA) is 4.93 Å². The van der Waals surface area contributed by atoms with E-state index in [1.807, 2.05) is 11.3 Å². The van der Waals surface area contributed by atoms with Crippen LogP contribution in [0.25, 0.3) is 103 Å². The van der Waals surface area contributed by atoms with E-state index in [1.54, 1.807) is 0 Å². The number of hydrogen-bond donors (Lipinski definition) is 0. The van der Waals surface area contributed by atoms with Crippen LogP contribution >= 0.6 is 11.3 Å². The molecule has 0 fully saturated rings. The lowest BCUT2D eigenvalue weighted by Crippen LogP contribution is -2.10. The minimum absolute atomic E-state index is 0.107. The molecule has 0 atom stereocenters. The molecule has 0 saturated carbocycles. The first-order chi connectivity index (χ1) is 27.4. The minimum Gasteiger partial charge on any atom is -0.309 e. The van der Waals surface area contributed by atoms with Crippen molar-refractivity contribution in [3.8, 4) is 39.1 Å². The van der Waals surface area contributed by atoms with E-state index in [0.29, 0.717) is 0 Å². The van der Waals surface area contributed by atoms with Crippen LogP contribution in [-0.4, -0.2) is 4.57 Å². The highest BCUT2D eigenvalue weighted by Crippen LogP contribution is 2.45. The highest BCUT2D eigenvalue weighted by atomic mass is 32.1. The molecule has 0 spiro atoms. The molecule has 2 aromatic heterocycles. The Morgan fingerprint density at radius 1 is 0.393 bits per heavy atom. The van der Waals surface area contributed by atoms with Crippen molar-refractivity contribution in [1.29, 1.82) is 0 Å². The van der Waals surface area contributed by atoms with Crippen molar-refractivity contribution in [3.05, 3.63) is 188 Å². The van der Waals surface area contributed by atoms with Gasteiger partial charge < -0.3 is 4.57 Å². The highest BCUT2D eigenvalue weighted by molar-refractivity contribution is 7.26. The van der Waals surface area contributed by atoms with Gasteiger partial charge in [0.2, 0.25) is 0 Å². The van der Waals surface area contributed by atoms with Gasteiger partial charge in [0.25, 0.3) is 0 Å². The van der Waals surface area contributed by atoms with Crippen LogP contribution in [-0.2, 0) is 5.41 Å². The zero-order valence-electron chi connectivity index (χ0n) is 31.7. The molecule has 0 amide bonds. The van der Waals surface area contributed by atoms with Crippen LogP contribution in [0.2, 0.25) is 0 Å². The summed E-state index contributed by atoms with van der Waals surface area (Å²) in [6.07, 6.45) is 0. The molecule has 9 aromatic carbocycles. The number of para-hydroxylation sites is 1. The van der Waals surface area contributed by atoms with Crippen LogP contribution in [0.4, 0.5) is 0 Å². The van der Waals surface area contributed by atoms with Gasteiger partial charge in [-0.05, 0) is 102 Å². The minimum atomic E-state index is 0.107. The molecule has 0 aliphatic rings. The fourth-order valence-corrected chi connectivity index (χ4v) is 10.3. The van der Waals surface area contributed by atoms with Crippen molar-refractivity contribution in [2.45, 2.75) is 26.2 Å². The van der Waals surface area contributed by atoms with Crippen LogP contribution in [0.5, 0.6) is 0 Å². The average Bonchev–Trinajstić information content (AvgIpc) is 3.78. The van der Waals surface area contributed by atoms with Crippen molar-refractivity contribution < 1.29 is 0 Å². The Labute approximate surface area is 330 Å². The van der Waals surface area contributed by atoms with E-state index in [-0.39, 0.29) is 5.41 Å². The lowest BCUT2D eigenvalue weighted by molar-refractivity contribution is 0.590. The van der Waals surface area contributed by atoms with Crippen LogP contribution in [0.3, 0.4) is 0 Å². The first kappa shape index (κ1) is 32.9. The number of benzene rings is 9. The van der Waals surface area contributed by atoms with Crippen molar-refractivity contribution in [2.24, 2.45) is 0 Å². The Balaban J connectivity index is 1.05. The van der Waals surface area contributed by atoms with E-state index in [0.717, 1.165) is 5.69 Å². The zero-order chi connectivity index (χ0) is 37.5. The maximum atomic E-state index is 2.43. The summed E-state index contributed by atoms with van der Waals surface area (Å²) in [7, 11) is 0. The fourth-order valence-electron chi connectivity index (χ4n) is 9.06. The Morgan fingerprint density at radius 3 is 1.52 bits per heavy atom. The molecule has 56 heavy (non-hydrogen) atoms. The molecular weight excluding hydrogens is 695 g/mol. The van der Waals surface area contributed by atoms with Crippen LogP contribution in [0.1, 0.15) is 26.3 Å². The number of rotatable bonds is 4. The molecule has 0 aliphatic carbocycles. The lowest BCUT2D eigenvalue weighted by Gasteiger charge is -2.21. The molecule has 2 heteroatoms. The maximum Gasteiger partial charge on any atom is 0.0541 e. The first-order valence-electron chi connectivity index (χ1n) is 19.5. The van der Waals surface area contributed by atoms with Crippen molar-refractivity contribution in [2.75, 3.05) is 0 Å². The summed E-state index contributed by atoms with van der Waals surface area (Å²) in [5, 5.41) is 10.3. The van der Waals surface area contributed by atoms with Crippen LogP contribution in [0.15, 0.2) is 182 Å². The van der Waals surface area contributed by atoms with Gasteiger partial charge >= 0.3 is 0 Å². The Morgan fingerprint density at radius 2 is 0.893 bits per heavy atom. The quantitative estimate of drug-likeness (QED) is 0.159. The van der Waals surface area contributed by atoms with Gasteiger partial charge in [0.15, 0.2) is 0 Å². The van der Waals surface area contributed by atoms with Crippen LogP contribution in [0, 0.1) is 0 Å². The van der Waals surface area contributed by atoms with E-state index in [9.17, 15) is 0 Å². The number of hydrogen-bond acceptors (Lipinski definition) is 1. The van der Waals surface area contributed by atoms with E-state index in [1.165, 1.54) is 102 Å². The smallest absolute Gasteiger partial charge is 0.0541 e. The second-order valence-corrected chi connectivity index (χ2v) is 17.1. The molecule has 2 heterocycles. The predicted molar refractivity (Wildman–Crippen MR) is 244 cm³/mol. The van der Waals surface area contributed by atoms with Gasteiger partial charge in [-0.3, -0.25) is 0 Å². The number of nitrogens with zero attached hydrogens (tertiary/aromatic N) is 1. The van der Waals surface area contributed by atoms with Crippen LogP contribution < -0.4 is 0 Å². The number of fused-ring (bicyclic) bond motifs is 8. The molecule has 0 aliphatic heterocycles. The first-order valence-corrected chi connectivity index (χ1v) is 20.3. The van der Waals surface area contributed by atoms with E-state index >= 15 is 0 Å².